The van der Waals surface area contributed by atoms with Crippen molar-refractivity contribution in [2.75, 3.05) is 5.32 Å². The minimum Gasteiger partial charge on any atom is -0.478 e. The lowest BCUT2D eigenvalue weighted by Gasteiger charge is -2.08. The number of aromatic nitrogens is 3. The SMILES string of the molecule is Cc1nc(Nc2cccc(C(=O)O)c2)c2cc(C)[nH]c2n1. The van der Waals surface area contributed by atoms with Crippen molar-refractivity contribution in [3.63, 3.8) is 0 Å². The van der Waals surface area contributed by atoms with Crippen LogP contribution in [0.15, 0.2) is 30.3 Å². The highest BCUT2D eigenvalue weighted by atomic mass is 16.4. The first-order chi connectivity index (χ1) is 10.0. The van der Waals surface area contributed by atoms with Crippen molar-refractivity contribution >= 4 is 28.5 Å². The van der Waals surface area contributed by atoms with Crippen LogP contribution < -0.4 is 5.32 Å². The molecule has 21 heavy (non-hydrogen) atoms. The van der Waals surface area contributed by atoms with Gasteiger partial charge in [-0.1, -0.05) is 6.07 Å². The van der Waals surface area contributed by atoms with Gasteiger partial charge in [-0.3, -0.25) is 0 Å². The molecular weight excluding hydrogens is 268 g/mol. The summed E-state index contributed by atoms with van der Waals surface area (Å²) in [5.41, 5.74) is 2.66. The summed E-state index contributed by atoms with van der Waals surface area (Å²) in [5.74, 6) is 0.339. The smallest absolute Gasteiger partial charge is 0.335 e. The molecule has 3 N–H and O–H groups in total. The van der Waals surface area contributed by atoms with Crippen LogP contribution in [0.3, 0.4) is 0 Å². The molecule has 0 fully saturated rings. The molecule has 6 nitrogen and oxygen atoms in total. The Kier molecular flexibility index (Phi) is 3.06. The lowest BCUT2D eigenvalue weighted by atomic mass is 10.2. The van der Waals surface area contributed by atoms with Crippen molar-refractivity contribution in [2.45, 2.75) is 13.8 Å². The second-order valence-electron chi connectivity index (χ2n) is 4.85. The van der Waals surface area contributed by atoms with E-state index in [0.29, 0.717) is 17.3 Å². The van der Waals surface area contributed by atoms with Gasteiger partial charge in [0.25, 0.3) is 0 Å². The fraction of sp³-hybridized carbons (Fsp3) is 0.133. The number of hydrogen-bond donors (Lipinski definition) is 3. The predicted molar refractivity (Wildman–Crippen MR) is 80.0 cm³/mol. The van der Waals surface area contributed by atoms with Crippen molar-refractivity contribution in [3.8, 4) is 0 Å². The van der Waals surface area contributed by atoms with E-state index < -0.39 is 5.97 Å². The van der Waals surface area contributed by atoms with Gasteiger partial charge in [-0.2, -0.15) is 0 Å². The molecule has 106 valence electrons. The zero-order chi connectivity index (χ0) is 15.0. The van der Waals surface area contributed by atoms with Gasteiger partial charge in [0.2, 0.25) is 0 Å². The van der Waals surface area contributed by atoms with E-state index in [4.69, 9.17) is 5.11 Å². The number of hydrogen-bond acceptors (Lipinski definition) is 4. The standard InChI is InChI=1S/C15H14N4O2/c1-8-6-12-13(16-8)17-9(2)18-14(12)19-11-5-3-4-10(7-11)15(20)21/h3-7H,1-2H3,(H,20,21)(H2,16,17,18,19). The number of nitrogens with one attached hydrogen (secondary N) is 2. The van der Waals surface area contributed by atoms with Crippen LogP contribution in [0.5, 0.6) is 0 Å². The fourth-order valence-corrected chi connectivity index (χ4v) is 2.21. The summed E-state index contributed by atoms with van der Waals surface area (Å²) < 4.78 is 0. The van der Waals surface area contributed by atoms with Gasteiger partial charge in [0.05, 0.1) is 10.9 Å². The molecule has 0 saturated carbocycles. The Balaban J connectivity index is 2.05. The molecule has 0 aliphatic heterocycles. The van der Waals surface area contributed by atoms with Crippen molar-refractivity contribution in [1.82, 2.24) is 15.0 Å². The zero-order valence-corrected chi connectivity index (χ0v) is 11.6. The van der Waals surface area contributed by atoms with Crippen molar-refractivity contribution in [3.05, 3.63) is 47.4 Å². The maximum absolute atomic E-state index is 11.0. The van der Waals surface area contributed by atoms with Gasteiger partial charge in [0, 0.05) is 11.4 Å². The molecule has 0 spiro atoms. The molecule has 3 aromatic rings. The number of aryl methyl sites for hydroxylation is 2. The molecule has 2 aromatic heterocycles. The van der Waals surface area contributed by atoms with Gasteiger partial charge >= 0.3 is 5.97 Å². The van der Waals surface area contributed by atoms with E-state index in [1.54, 1.807) is 24.3 Å². The highest BCUT2D eigenvalue weighted by Gasteiger charge is 2.10. The number of nitrogens with zero attached hydrogens (tertiary/aromatic N) is 2. The molecule has 0 aliphatic rings. The van der Waals surface area contributed by atoms with E-state index in [9.17, 15) is 4.79 Å². The summed E-state index contributed by atoms with van der Waals surface area (Å²) in [5, 5.41) is 13.1. The predicted octanol–water partition coefficient (Wildman–Crippen LogP) is 3.02. The molecule has 6 heteroatoms. The third-order valence-corrected chi connectivity index (χ3v) is 3.11. The van der Waals surface area contributed by atoms with Crippen LogP contribution >= 0.6 is 0 Å². The number of fused-ring (bicyclic) bond motifs is 1. The van der Waals surface area contributed by atoms with Crippen molar-refractivity contribution in [2.24, 2.45) is 0 Å². The Hall–Kier alpha value is -2.89. The average molecular weight is 282 g/mol. The largest absolute Gasteiger partial charge is 0.478 e. The molecule has 0 bridgehead atoms. The van der Waals surface area contributed by atoms with Crippen LogP contribution in [0.2, 0.25) is 0 Å². The molecule has 0 amide bonds. The Labute approximate surface area is 120 Å². The lowest BCUT2D eigenvalue weighted by Crippen LogP contribution is -2.00. The number of aromatic amines is 1. The van der Waals surface area contributed by atoms with Gasteiger partial charge in [0.15, 0.2) is 0 Å². The maximum Gasteiger partial charge on any atom is 0.335 e. The number of carboxylic acid groups (broad SMARTS) is 1. The van der Waals surface area contributed by atoms with Crippen LogP contribution in [0.1, 0.15) is 21.9 Å². The Morgan fingerprint density at radius 1 is 1.24 bits per heavy atom. The number of benzene rings is 1. The first-order valence-corrected chi connectivity index (χ1v) is 6.47. The Morgan fingerprint density at radius 3 is 2.81 bits per heavy atom. The normalized spacial score (nSPS) is 10.8. The minimum atomic E-state index is -0.958. The highest BCUT2D eigenvalue weighted by molar-refractivity contribution is 5.92. The van der Waals surface area contributed by atoms with Crippen LogP contribution in [0, 0.1) is 13.8 Å². The molecule has 3 rings (SSSR count). The van der Waals surface area contributed by atoms with Crippen LogP contribution in [-0.4, -0.2) is 26.0 Å². The second kappa shape index (κ2) is 4.90. The molecular formula is C15H14N4O2. The number of aromatic carboxylic acids is 1. The highest BCUT2D eigenvalue weighted by Crippen LogP contribution is 2.25. The summed E-state index contributed by atoms with van der Waals surface area (Å²) in [7, 11) is 0. The van der Waals surface area contributed by atoms with E-state index in [2.05, 4.69) is 20.3 Å². The topological polar surface area (TPSA) is 90.9 Å². The van der Waals surface area contributed by atoms with Crippen molar-refractivity contribution in [1.29, 1.82) is 0 Å². The first kappa shape index (κ1) is 13.1. The molecule has 0 radical (unpaired) electrons. The van der Waals surface area contributed by atoms with Crippen LogP contribution in [-0.2, 0) is 0 Å². The van der Waals surface area contributed by atoms with Gasteiger partial charge in [-0.15, -0.1) is 0 Å². The maximum atomic E-state index is 11.0. The molecule has 0 saturated heterocycles. The second-order valence-corrected chi connectivity index (χ2v) is 4.85. The molecule has 0 aliphatic carbocycles. The third-order valence-electron chi connectivity index (χ3n) is 3.11. The molecule has 2 heterocycles. The molecule has 1 aromatic carbocycles. The first-order valence-electron chi connectivity index (χ1n) is 6.47. The van der Waals surface area contributed by atoms with E-state index in [1.807, 2.05) is 19.9 Å². The summed E-state index contributed by atoms with van der Waals surface area (Å²) >= 11 is 0. The average Bonchev–Trinajstić information content (AvgIpc) is 2.79. The van der Waals surface area contributed by atoms with E-state index in [1.165, 1.54) is 0 Å². The summed E-state index contributed by atoms with van der Waals surface area (Å²) in [6, 6.07) is 8.58. The monoisotopic (exact) mass is 282 g/mol. The molecule has 0 atom stereocenters. The number of H-pyrrole nitrogens is 1. The minimum absolute atomic E-state index is 0.229. The summed E-state index contributed by atoms with van der Waals surface area (Å²) in [6.45, 7) is 3.76. The Morgan fingerprint density at radius 2 is 2.05 bits per heavy atom. The third kappa shape index (κ3) is 2.55. The number of carbonyl (C=O) groups is 1. The van der Waals surface area contributed by atoms with Gasteiger partial charge in [-0.25, -0.2) is 14.8 Å². The van der Waals surface area contributed by atoms with Crippen LogP contribution in [0.25, 0.3) is 11.0 Å². The fourth-order valence-electron chi connectivity index (χ4n) is 2.21. The van der Waals surface area contributed by atoms with Gasteiger partial charge in [-0.05, 0) is 38.1 Å². The quantitative estimate of drug-likeness (QED) is 0.687. The number of rotatable bonds is 3. The van der Waals surface area contributed by atoms with E-state index in [-0.39, 0.29) is 5.56 Å². The number of anilines is 2. The van der Waals surface area contributed by atoms with E-state index >= 15 is 0 Å². The number of carboxylic acids is 1. The molecule has 0 unspecified atom stereocenters. The van der Waals surface area contributed by atoms with Gasteiger partial charge in [0.1, 0.15) is 17.3 Å². The summed E-state index contributed by atoms with van der Waals surface area (Å²) in [4.78, 5) is 22.9. The summed E-state index contributed by atoms with van der Waals surface area (Å²) in [6.07, 6.45) is 0. The van der Waals surface area contributed by atoms with Crippen LogP contribution in [0.4, 0.5) is 11.5 Å². The Bertz CT molecular complexity index is 839. The zero-order valence-electron chi connectivity index (χ0n) is 11.6. The lowest BCUT2D eigenvalue weighted by molar-refractivity contribution is 0.0697. The van der Waals surface area contributed by atoms with Gasteiger partial charge < -0.3 is 15.4 Å². The van der Waals surface area contributed by atoms with E-state index in [0.717, 1.165) is 16.7 Å². The van der Waals surface area contributed by atoms with Crippen molar-refractivity contribution < 1.29 is 9.90 Å².